The van der Waals surface area contributed by atoms with Gasteiger partial charge in [0.1, 0.15) is 5.82 Å². The number of anilines is 1. The third-order valence-electron chi connectivity index (χ3n) is 3.73. The quantitative estimate of drug-likeness (QED) is 0.866. The lowest BCUT2D eigenvalue weighted by Crippen LogP contribution is -2.15. The van der Waals surface area contributed by atoms with Crippen LogP contribution in [0.25, 0.3) is 11.1 Å². The summed E-state index contributed by atoms with van der Waals surface area (Å²) in [5.41, 5.74) is 9.57. The molecule has 0 aliphatic heterocycles. The largest absolute Gasteiger partial charge is 0.384 e. The molecule has 1 aromatic heterocycles. The predicted octanol–water partition coefficient (Wildman–Crippen LogP) is 2.34. The van der Waals surface area contributed by atoms with E-state index in [1.807, 2.05) is 6.07 Å². The number of hydrogen-bond donors (Lipinski definition) is 2. The van der Waals surface area contributed by atoms with Crippen LogP contribution < -0.4 is 5.73 Å². The second-order valence-corrected chi connectivity index (χ2v) is 4.96. The number of benzene rings is 1. The summed E-state index contributed by atoms with van der Waals surface area (Å²) in [5, 5.41) is 6.80. The van der Waals surface area contributed by atoms with Gasteiger partial charge in [-0.15, -0.1) is 0 Å². The molecular weight excluding hydrogens is 226 g/mol. The number of methoxy groups -OCH3 is 1. The molecule has 1 saturated carbocycles. The molecule has 0 unspecified atom stereocenters. The molecule has 4 heteroatoms. The Bertz CT molecular complexity index is 558. The van der Waals surface area contributed by atoms with Gasteiger partial charge in [-0.2, -0.15) is 5.10 Å². The van der Waals surface area contributed by atoms with Crippen molar-refractivity contribution >= 4 is 5.82 Å². The minimum absolute atomic E-state index is 0.176. The third-order valence-corrected chi connectivity index (χ3v) is 3.73. The van der Waals surface area contributed by atoms with Crippen molar-refractivity contribution in [2.45, 2.75) is 18.3 Å². The van der Waals surface area contributed by atoms with Gasteiger partial charge in [-0.25, -0.2) is 0 Å². The lowest BCUT2D eigenvalue weighted by molar-refractivity contribution is 0.171. The fourth-order valence-corrected chi connectivity index (χ4v) is 2.61. The molecular formula is C14H17N3O. The molecule has 0 amide bonds. The summed E-state index contributed by atoms with van der Waals surface area (Å²) in [6, 6.07) is 8.39. The van der Waals surface area contributed by atoms with Crippen LogP contribution in [0.5, 0.6) is 0 Å². The average molecular weight is 243 g/mol. The molecule has 1 aliphatic carbocycles. The molecule has 1 aliphatic rings. The van der Waals surface area contributed by atoms with Crippen LogP contribution in [-0.2, 0) is 10.2 Å². The number of ether oxygens (including phenoxy) is 1. The molecule has 1 heterocycles. The van der Waals surface area contributed by atoms with Gasteiger partial charge in [0.15, 0.2) is 0 Å². The third kappa shape index (κ3) is 1.69. The number of aromatic amines is 1. The molecule has 4 nitrogen and oxygen atoms in total. The Morgan fingerprint density at radius 3 is 2.72 bits per heavy atom. The summed E-state index contributed by atoms with van der Waals surface area (Å²) in [5.74, 6) is 0.621. The molecule has 94 valence electrons. The van der Waals surface area contributed by atoms with Crippen LogP contribution in [-0.4, -0.2) is 23.9 Å². The lowest BCUT2D eigenvalue weighted by Gasteiger charge is -2.18. The monoisotopic (exact) mass is 243 g/mol. The normalized spacial score (nSPS) is 16.7. The summed E-state index contributed by atoms with van der Waals surface area (Å²) in [7, 11) is 1.76. The van der Waals surface area contributed by atoms with Crippen LogP contribution >= 0.6 is 0 Å². The Kier molecular flexibility index (Phi) is 2.59. The van der Waals surface area contributed by atoms with Gasteiger partial charge in [-0.05, 0) is 24.0 Å². The number of rotatable bonds is 4. The van der Waals surface area contributed by atoms with E-state index in [1.165, 1.54) is 24.0 Å². The van der Waals surface area contributed by atoms with Crippen LogP contribution in [0.2, 0.25) is 0 Å². The first-order valence-corrected chi connectivity index (χ1v) is 6.14. The maximum atomic E-state index is 5.93. The zero-order valence-corrected chi connectivity index (χ0v) is 10.4. The van der Waals surface area contributed by atoms with Crippen LogP contribution in [0.3, 0.4) is 0 Å². The van der Waals surface area contributed by atoms with Gasteiger partial charge in [0.25, 0.3) is 0 Å². The van der Waals surface area contributed by atoms with Crippen molar-refractivity contribution < 1.29 is 4.74 Å². The van der Waals surface area contributed by atoms with Crippen molar-refractivity contribution in [3.63, 3.8) is 0 Å². The molecule has 1 aromatic carbocycles. The van der Waals surface area contributed by atoms with Crippen molar-refractivity contribution in [2.24, 2.45) is 0 Å². The van der Waals surface area contributed by atoms with Gasteiger partial charge >= 0.3 is 0 Å². The lowest BCUT2D eigenvalue weighted by atomic mass is 9.89. The highest BCUT2D eigenvalue weighted by molar-refractivity contribution is 5.77. The molecule has 0 spiro atoms. The van der Waals surface area contributed by atoms with Crippen molar-refractivity contribution in [2.75, 3.05) is 19.5 Å². The highest BCUT2D eigenvalue weighted by Crippen LogP contribution is 2.51. The summed E-state index contributed by atoms with van der Waals surface area (Å²) < 4.78 is 5.37. The van der Waals surface area contributed by atoms with Crippen LogP contribution in [0.4, 0.5) is 5.82 Å². The van der Waals surface area contributed by atoms with Gasteiger partial charge in [-0.1, -0.05) is 24.3 Å². The van der Waals surface area contributed by atoms with Gasteiger partial charge in [0.2, 0.25) is 0 Å². The standard InChI is InChI=1S/C14H17N3O/c1-18-9-14(6-7-14)12-5-3-2-4-10(12)11-8-16-17-13(11)15/h2-5,8H,6-7,9H2,1H3,(H3,15,16,17). The highest BCUT2D eigenvalue weighted by Gasteiger charge is 2.45. The maximum absolute atomic E-state index is 5.93. The minimum Gasteiger partial charge on any atom is -0.384 e. The molecule has 0 radical (unpaired) electrons. The van der Waals surface area contributed by atoms with E-state index in [0.717, 1.165) is 12.2 Å². The maximum Gasteiger partial charge on any atom is 0.126 e. The number of hydrogen-bond acceptors (Lipinski definition) is 3. The summed E-state index contributed by atoms with van der Waals surface area (Å²) in [6.45, 7) is 0.766. The fraction of sp³-hybridized carbons (Fsp3) is 0.357. The summed E-state index contributed by atoms with van der Waals surface area (Å²) in [4.78, 5) is 0. The topological polar surface area (TPSA) is 63.9 Å². The number of aromatic nitrogens is 2. The van der Waals surface area contributed by atoms with Crippen LogP contribution in [0.1, 0.15) is 18.4 Å². The first-order chi connectivity index (χ1) is 8.77. The molecule has 3 N–H and O–H groups in total. The second kappa shape index (κ2) is 4.14. The van der Waals surface area contributed by atoms with Crippen molar-refractivity contribution in [3.05, 3.63) is 36.0 Å². The first kappa shape index (κ1) is 11.3. The summed E-state index contributed by atoms with van der Waals surface area (Å²) in [6.07, 6.45) is 4.14. The zero-order chi connectivity index (χ0) is 12.6. The SMILES string of the molecule is COCC1(c2ccccc2-c2cn[nH]c2N)CC1. The molecule has 3 rings (SSSR count). The molecule has 2 aromatic rings. The van der Waals surface area contributed by atoms with Crippen molar-refractivity contribution in [1.29, 1.82) is 0 Å². The fourth-order valence-electron chi connectivity index (χ4n) is 2.61. The first-order valence-electron chi connectivity index (χ1n) is 6.14. The Morgan fingerprint density at radius 2 is 2.11 bits per heavy atom. The van der Waals surface area contributed by atoms with E-state index in [1.54, 1.807) is 13.3 Å². The Labute approximate surface area is 106 Å². The predicted molar refractivity (Wildman–Crippen MR) is 71.2 cm³/mol. The highest BCUT2D eigenvalue weighted by atomic mass is 16.5. The van der Waals surface area contributed by atoms with E-state index in [2.05, 4.69) is 28.4 Å². The molecule has 18 heavy (non-hydrogen) atoms. The van der Waals surface area contributed by atoms with Crippen LogP contribution in [0.15, 0.2) is 30.5 Å². The molecule has 1 fully saturated rings. The number of nitrogens with two attached hydrogens (primary N) is 1. The van der Waals surface area contributed by atoms with Gasteiger partial charge in [-0.3, -0.25) is 5.10 Å². The molecule has 0 bridgehead atoms. The smallest absolute Gasteiger partial charge is 0.126 e. The van der Waals surface area contributed by atoms with Gasteiger partial charge < -0.3 is 10.5 Å². The second-order valence-electron chi connectivity index (χ2n) is 4.96. The van der Waals surface area contributed by atoms with Crippen molar-refractivity contribution in [1.82, 2.24) is 10.2 Å². The number of nitrogen functional groups attached to an aromatic ring is 1. The Hall–Kier alpha value is -1.81. The molecule has 0 saturated heterocycles. The Balaban J connectivity index is 2.09. The van der Waals surface area contributed by atoms with E-state index in [4.69, 9.17) is 10.5 Å². The van der Waals surface area contributed by atoms with Crippen molar-refractivity contribution in [3.8, 4) is 11.1 Å². The van der Waals surface area contributed by atoms with E-state index in [0.29, 0.717) is 5.82 Å². The van der Waals surface area contributed by atoms with Gasteiger partial charge in [0, 0.05) is 18.1 Å². The number of H-pyrrole nitrogens is 1. The number of nitrogens with zero attached hydrogens (tertiary/aromatic N) is 1. The minimum atomic E-state index is 0.176. The average Bonchev–Trinajstić information content (AvgIpc) is 3.04. The number of nitrogens with one attached hydrogen (secondary N) is 1. The van der Waals surface area contributed by atoms with E-state index >= 15 is 0 Å². The zero-order valence-electron chi connectivity index (χ0n) is 10.4. The van der Waals surface area contributed by atoms with Crippen LogP contribution in [0, 0.1) is 0 Å². The summed E-state index contributed by atoms with van der Waals surface area (Å²) >= 11 is 0. The Morgan fingerprint density at radius 1 is 1.33 bits per heavy atom. The van der Waals surface area contributed by atoms with E-state index < -0.39 is 0 Å². The van der Waals surface area contributed by atoms with Gasteiger partial charge in [0.05, 0.1) is 12.8 Å². The molecule has 0 atom stereocenters. The van der Waals surface area contributed by atoms with E-state index in [9.17, 15) is 0 Å². The van der Waals surface area contributed by atoms with E-state index in [-0.39, 0.29) is 5.41 Å².